The zero-order valence-electron chi connectivity index (χ0n) is 12.6. The summed E-state index contributed by atoms with van der Waals surface area (Å²) >= 11 is 0. The average molecular weight is 262 g/mol. The molecule has 1 aliphatic heterocycles. The summed E-state index contributed by atoms with van der Waals surface area (Å²) in [7, 11) is 4.34. The molecule has 4 heteroatoms. The fraction of sp³-hybridized carbons (Fsp3) is 0.667. The minimum Gasteiger partial charge on any atom is -0.370 e. The number of piperidine rings is 1. The van der Waals surface area contributed by atoms with Gasteiger partial charge in [-0.25, -0.2) is 0 Å². The van der Waals surface area contributed by atoms with Gasteiger partial charge in [0.05, 0.1) is 0 Å². The minimum absolute atomic E-state index is 0.567. The van der Waals surface area contributed by atoms with Gasteiger partial charge in [0.15, 0.2) is 0 Å². The number of hydrogen-bond acceptors (Lipinski definition) is 4. The lowest BCUT2D eigenvalue weighted by molar-refractivity contribution is 0.258. The molecule has 106 valence electrons. The van der Waals surface area contributed by atoms with Crippen LogP contribution in [0.3, 0.4) is 0 Å². The van der Waals surface area contributed by atoms with Crippen molar-refractivity contribution in [2.45, 2.75) is 39.3 Å². The molecule has 2 heterocycles. The lowest BCUT2D eigenvalue weighted by Crippen LogP contribution is -2.45. The van der Waals surface area contributed by atoms with Crippen molar-refractivity contribution in [1.82, 2.24) is 9.88 Å². The maximum Gasteiger partial charge on any atom is 0.0448 e. The Hall–Kier alpha value is -1.13. The van der Waals surface area contributed by atoms with E-state index in [1.807, 2.05) is 0 Å². The summed E-state index contributed by atoms with van der Waals surface area (Å²) in [6.45, 7) is 6.90. The van der Waals surface area contributed by atoms with Crippen LogP contribution in [0, 0.1) is 13.8 Å². The Morgan fingerprint density at radius 2 is 2.16 bits per heavy atom. The third kappa shape index (κ3) is 3.07. The zero-order chi connectivity index (χ0) is 14.0. The van der Waals surface area contributed by atoms with E-state index in [0.717, 1.165) is 24.5 Å². The van der Waals surface area contributed by atoms with Gasteiger partial charge in [-0.3, -0.25) is 4.98 Å². The van der Waals surface area contributed by atoms with Gasteiger partial charge in [0.1, 0.15) is 0 Å². The number of nitrogens with zero attached hydrogens (tertiary/aromatic N) is 3. The zero-order valence-corrected chi connectivity index (χ0v) is 12.6. The van der Waals surface area contributed by atoms with Gasteiger partial charge in [0.2, 0.25) is 0 Å². The molecule has 0 aliphatic carbocycles. The van der Waals surface area contributed by atoms with Crippen LogP contribution in [0.4, 0.5) is 5.69 Å². The third-order valence-electron chi connectivity index (χ3n) is 4.11. The number of nitrogens with two attached hydrogens (primary N) is 1. The largest absolute Gasteiger partial charge is 0.370 e. The summed E-state index contributed by atoms with van der Waals surface area (Å²) in [6, 6.07) is 2.82. The van der Waals surface area contributed by atoms with E-state index in [0.29, 0.717) is 12.6 Å². The van der Waals surface area contributed by atoms with Crippen LogP contribution in [0.15, 0.2) is 6.07 Å². The predicted octanol–water partition coefficient (Wildman–Crippen LogP) is 1.69. The highest BCUT2D eigenvalue weighted by Crippen LogP contribution is 2.27. The van der Waals surface area contributed by atoms with Gasteiger partial charge < -0.3 is 15.5 Å². The predicted molar refractivity (Wildman–Crippen MR) is 80.5 cm³/mol. The molecule has 0 radical (unpaired) electrons. The van der Waals surface area contributed by atoms with E-state index in [-0.39, 0.29) is 0 Å². The standard InChI is InChI=1S/C15H26N4/c1-11-8-15(14(9-16)12(2)17-11)19-7-5-6-13(10-19)18(3)4/h8,13H,5-7,9-10,16H2,1-4H3. The molecule has 4 nitrogen and oxygen atoms in total. The highest BCUT2D eigenvalue weighted by Gasteiger charge is 2.23. The van der Waals surface area contributed by atoms with Crippen molar-refractivity contribution in [2.75, 3.05) is 32.1 Å². The van der Waals surface area contributed by atoms with Gasteiger partial charge in [-0.15, -0.1) is 0 Å². The van der Waals surface area contributed by atoms with Crippen LogP contribution in [0.1, 0.15) is 29.8 Å². The number of aryl methyl sites for hydroxylation is 2. The fourth-order valence-corrected chi connectivity index (χ4v) is 2.96. The second-order valence-corrected chi connectivity index (χ2v) is 5.76. The van der Waals surface area contributed by atoms with Crippen molar-refractivity contribution in [3.8, 4) is 0 Å². The van der Waals surface area contributed by atoms with E-state index in [4.69, 9.17) is 5.73 Å². The van der Waals surface area contributed by atoms with Crippen molar-refractivity contribution in [2.24, 2.45) is 5.73 Å². The second kappa shape index (κ2) is 5.88. The SMILES string of the molecule is Cc1cc(N2CCCC(N(C)C)C2)c(CN)c(C)n1. The first-order valence-electron chi connectivity index (χ1n) is 7.11. The second-order valence-electron chi connectivity index (χ2n) is 5.76. The fourth-order valence-electron chi connectivity index (χ4n) is 2.96. The summed E-state index contributed by atoms with van der Waals surface area (Å²) in [4.78, 5) is 9.35. The summed E-state index contributed by atoms with van der Waals surface area (Å²) in [6.07, 6.45) is 2.53. The van der Waals surface area contributed by atoms with Crippen LogP contribution in [0.5, 0.6) is 0 Å². The molecule has 0 saturated carbocycles. The molecule has 19 heavy (non-hydrogen) atoms. The molecule has 0 spiro atoms. The number of hydrogen-bond donors (Lipinski definition) is 1. The van der Waals surface area contributed by atoms with Gasteiger partial charge >= 0.3 is 0 Å². The average Bonchev–Trinajstić information content (AvgIpc) is 2.38. The monoisotopic (exact) mass is 262 g/mol. The lowest BCUT2D eigenvalue weighted by atomic mass is 10.0. The molecule has 1 saturated heterocycles. The highest BCUT2D eigenvalue weighted by molar-refractivity contribution is 5.56. The van der Waals surface area contributed by atoms with Crippen LogP contribution in [-0.2, 0) is 6.54 Å². The van der Waals surface area contributed by atoms with Gasteiger partial charge in [0, 0.05) is 48.3 Å². The van der Waals surface area contributed by atoms with E-state index < -0.39 is 0 Å². The maximum absolute atomic E-state index is 5.93. The molecule has 2 N–H and O–H groups in total. The first-order valence-corrected chi connectivity index (χ1v) is 7.11. The first kappa shape index (κ1) is 14.3. The maximum atomic E-state index is 5.93. The minimum atomic E-state index is 0.567. The number of aromatic nitrogens is 1. The van der Waals surface area contributed by atoms with Gasteiger partial charge in [-0.2, -0.15) is 0 Å². The number of likely N-dealkylation sites (N-methyl/N-ethyl adjacent to an activating group) is 1. The van der Waals surface area contributed by atoms with Crippen LogP contribution >= 0.6 is 0 Å². The van der Waals surface area contributed by atoms with Gasteiger partial charge in [-0.05, 0) is 46.9 Å². The highest BCUT2D eigenvalue weighted by atomic mass is 15.2. The van der Waals surface area contributed by atoms with Crippen LogP contribution < -0.4 is 10.6 Å². The molecular weight excluding hydrogens is 236 g/mol. The van der Waals surface area contributed by atoms with Gasteiger partial charge in [0.25, 0.3) is 0 Å². The van der Waals surface area contributed by atoms with E-state index in [2.05, 4.69) is 48.8 Å². The molecule has 1 fully saturated rings. The van der Waals surface area contributed by atoms with E-state index in [9.17, 15) is 0 Å². The Morgan fingerprint density at radius 3 is 2.79 bits per heavy atom. The lowest BCUT2D eigenvalue weighted by Gasteiger charge is -2.38. The topological polar surface area (TPSA) is 45.4 Å². The molecule has 1 atom stereocenters. The molecule has 1 aromatic rings. The van der Waals surface area contributed by atoms with Crippen LogP contribution in [-0.4, -0.2) is 43.1 Å². The van der Waals surface area contributed by atoms with E-state index in [1.54, 1.807) is 0 Å². The molecule has 2 rings (SSSR count). The normalized spacial score (nSPS) is 20.1. The molecule has 1 aliphatic rings. The van der Waals surface area contributed by atoms with Crippen molar-refractivity contribution in [3.05, 3.63) is 23.0 Å². The molecule has 1 aromatic heterocycles. The number of anilines is 1. The molecule has 0 bridgehead atoms. The van der Waals surface area contributed by atoms with Crippen LogP contribution in [0.2, 0.25) is 0 Å². The summed E-state index contributed by atoms with van der Waals surface area (Å²) < 4.78 is 0. The van der Waals surface area contributed by atoms with Crippen LogP contribution in [0.25, 0.3) is 0 Å². The van der Waals surface area contributed by atoms with Crippen molar-refractivity contribution in [1.29, 1.82) is 0 Å². The Morgan fingerprint density at radius 1 is 1.42 bits per heavy atom. The summed E-state index contributed by atoms with van der Waals surface area (Å²) in [5, 5.41) is 0. The quantitative estimate of drug-likeness (QED) is 0.900. The Balaban J connectivity index is 2.30. The number of rotatable bonds is 3. The smallest absolute Gasteiger partial charge is 0.0448 e. The Labute approximate surface area is 116 Å². The first-order chi connectivity index (χ1) is 9.02. The van der Waals surface area contributed by atoms with Crippen molar-refractivity contribution >= 4 is 5.69 Å². The van der Waals surface area contributed by atoms with Gasteiger partial charge in [-0.1, -0.05) is 0 Å². The summed E-state index contributed by atoms with van der Waals surface area (Å²) in [5.41, 5.74) is 10.6. The summed E-state index contributed by atoms with van der Waals surface area (Å²) in [5.74, 6) is 0. The molecule has 0 aromatic carbocycles. The third-order valence-corrected chi connectivity index (χ3v) is 4.11. The molecule has 0 amide bonds. The Kier molecular flexibility index (Phi) is 4.42. The number of pyridine rings is 1. The van der Waals surface area contributed by atoms with Crippen molar-refractivity contribution < 1.29 is 0 Å². The molecular formula is C15H26N4. The Bertz CT molecular complexity index is 442. The molecule has 1 unspecified atom stereocenters. The van der Waals surface area contributed by atoms with E-state index >= 15 is 0 Å². The van der Waals surface area contributed by atoms with E-state index in [1.165, 1.54) is 24.1 Å². The van der Waals surface area contributed by atoms with Crippen molar-refractivity contribution in [3.63, 3.8) is 0 Å².